The van der Waals surface area contributed by atoms with Crippen molar-refractivity contribution in [1.29, 1.82) is 0 Å². The van der Waals surface area contributed by atoms with Crippen molar-refractivity contribution in [3.63, 3.8) is 0 Å². The van der Waals surface area contributed by atoms with Crippen molar-refractivity contribution in [2.24, 2.45) is 0 Å². The number of carbonyl (C=O) groups is 2. The number of hydrogen-bond acceptors (Lipinski definition) is 5. The minimum atomic E-state index is -4.21. The molecule has 10 heteroatoms. The lowest BCUT2D eigenvalue weighted by Crippen LogP contribution is -2.53. The molecule has 8 nitrogen and oxygen atoms in total. The van der Waals surface area contributed by atoms with Crippen LogP contribution >= 0.6 is 11.6 Å². The molecule has 0 aliphatic rings. The lowest BCUT2D eigenvalue weighted by molar-refractivity contribution is -0.140. The zero-order valence-corrected chi connectivity index (χ0v) is 27.2. The number of nitrogens with one attached hydrogen (secondary N) is 1. The van der Waals surface area contributed by atoms with Gasteiger partial charge in [0, 0.05) is 24.5 Å². The Morgan fingerprint density at radius 2 is 1.58 bits per heavy atom. The summed E-state index contributed by atoms with van der Waals surface area (Å²) in [5.41, 5.74) is 2.70. The summed E-state index contributed by atoms with van der Waals surface area (Å²) in [4.78, 5) is 29.7. The fourth-order valence-electron chi connectivity index (χ4n) is 4.88. The van der Waals surface area contributed by atoms with Gasteiger partial charge in [-0.2, -0.15) is 0 Å². The minimum Gasteiger partial charge on any atom is -0.497 e. The van der Waals surface area contributed by atoms with Gasteiger partial charge in [-0.3, -0.25) is 13.9 Å². The molecule has 0 aromatic heterocycles. The molecule has 0 saturated heterocycles. The van der Waals surface area contributed by atoms with Gasteiger partial charge in [-0.05, 0) is 66.9 Å². The van der Waals surface area contributed by atoms with Gasteiger partial charge in [-0.1, -0.05) is 84.8 Å². The van der Waals surface area contributed by atoms with E-state index in [1.165, 1.54) is 23.1 Å². The SMILES string of the molecule is CCCNC(=O)C(Cc1ccccc1)N(Cc1cccc(OC)c1)C(=O)CN(c1cccc(Cl)c1)S(=O)(=O)c1ccc(C)cc1. The normalized spacial score (nSPS) is 11.8. The van der Waals surface area contributed by atoms with Gasteiger partial charge in [0.05, 0.1) is 17.7 Å². The van der Waals surface area contributed by atoms with E-state index in [-0.39, 0.29) is 29.5 Å². The Morgan fingerprint density at radius 3 is 2.24 bits per heavy atom. The smallest absolute Gasteiger partial charge is 0.264 e. The molecular formula is C35H38ClN3O5S. The number of sulfonamides is 1. The highest BCUT2D eigenvalue weighted by Crippen LogP contribution is 2.27. The number of aryl methyl sites for hydroxylation is 1. The van der Waals surface area contributed by atoms with Crippen LogP contribution in [-0.2, 0) is 32.6 Å². The van der Waals surface area contributed by atoms with Gasteiger partial charge in [-0.25, -0.2) is 8.42 Å². The number of amides is 2. The summed E-state index contributed by atoms with van der Waals surface area (Å²) < 4.78 is 34.7. The second kappa shape index (κ2) is 15.6. The van der Waals surface area contributed by atoms with Crippen LogP contribution < -0.4 is 14.4 Å². The number of ether oxygens (including phenoxy) is 1. The van der Waals surface area contributed by atoms with Crippen molar-refractivity contribution in [2.75, 3.05) is 24.5 Å². The van der Waals surface area contributed by atoms with Crippen LogP contribution in [0.25, 0.3) is 0 Å². The lowest BCUT2D eigenvalue weighted by atomic mass is 10.0. The van der Waals surface area contributed by atoms with E-state index in [1.807, 2.05) is 50.2 Å². The predicted molar refractivity (Wildman–Crippen MR) is 178 cm³/mol. The summed E-state index contributed by atoms with van der Waals surface area (Å²) in [5.74, 6) is -0.286. The molecule has 0 aliphatic heterocycles. The molecule has 4 rings (SSSR count). The van der Waals surface area contributed by atoms with Gasteiger partial charge < -0.3 is 15.0 Å². The molecule has 0 fully saturated rings. The Hall–Kier alpha value is -4.34. The maximum Gasteiger partial charge on any atom is 0.264 e. The number of anilines is 1. The van der Waals surface area contributed by atoms with Crippen LogP contribution in [0, 0.1) is 6.92 Å². The van der Waals surface area contributed by atoms with Gasteiger partial charge in [0.15, 0.2) is 0 Å². The van der Waals surface area contributed by atoms with Crippen LogP contribution in [0.3, 0.4) is 0 Å². The van der Waals surface area contributed by atoms with E-state index in [2.05, 4.69) is 5.32 Å². The zero-order valence-electron chi connectivity index (χ0n) is 25.6. The van der Waals surface area contributed by atoms with Crippen molar-refractivity contribution < 1.29 is 22.7 Å². The third-order valence-corrected chi connectivity index (χ3v) is 9.31. The number of halogens is 1. The molecule has 0 saturated carbocycles. The monoisotopic (exact) mass is 647 g/mol. The van der Waals surface area contributed by atoms with Crippen molar-refractivity contribution in [3.8, 4) is 5.75 Å². The third-order valence-electron chi connectivity index (χ3n) is 7.29. The lowest BCUT2D eigenvalue weighted by Gasteiger charge is -2.34. The van der Waals surface area contributed by atoms with E-state index in [9.17, 15) is 18.0 Å². The number of nitrogens with zero attached hydrogens (tertiary/aromatic N) is 2. The van der Waals surface area contributed by atoms with Crippen LogP contribution in [0.5, 0.6) is 5.75 Å². The fourth-order valence-corrected chi connectivity index (χ4v) is 6.48. The second-order valence-electron chi connectivity index (χ2n) is 10.7. The number of benzene rings is 4. The Labute approximate surface area is 270 Å². The standard InChI is InChI=1S/C35H38ClN3O5S/c1-4-20-37-35(41)33(22-27-10-6-5-7-11-27)38(24-28-12-8-15-31(21-28)44-3)34(40)25-39(30-14-9-13-29(36)23-30)45(42,43)32-18-16-26(2)17-19-32/h5-19,21,23,33H,4,20,22,24-25H2,1-3H3,(H,37,41). The first-order valence-electron chi connectivity index (χ1n) is 14.7. The van der Waals surface area contributed by atoms with Crippen molar-refractivity contribution in [2.45, 2.75) is 44.2 Å². The highest BCUT2D eigenvalue weighted by molar-refractivity contribution is 7.92. The van der Waals surface area contributed by atoms with E-state index in [0.29, 0.717) is 23.7 Å². The highest BCUT2D eigenvalue weighted by atomic mass is 35.5. The average Bonchev–Trinajstić information content (AvgIpc) is 3.04. The molecule has 2 amide bonds. The van der Waals surface area contributed by atoms with Gasteiger partial charge in [0.1, 0.15) is 18.3 Å². The van der Waals surface area contributed by atoms with Gasteiger partial charge in [0.2, 0.25) is 11.8 Å². The number of rotatable bonds is 14. The Kier molecular flexibility index (Phi) is 11.6. The Balaban J connectivity index is 1.80. The summed E-state index contributed by atoms with van der Waals surface area (Å²) in [7, 11) is -2.66. The summed E-state index contributed by atoms with van der Waals surface area (Å²) in [5, 5.41) is 3.26. The molecule has 0 bridgehead atoms. The number of methoxy groups -OCH3 is 1. The second-order valence-corrected chi connectivity index (χ2v) is 13.0. The van der Waals surface area contributed by atoms with E-state index in [4.69, 9.17) is 16.3 Å². The molecule has 4 aromatic carbocycles. The van der Waals surface area contributed by atoms with Crippen LogP contribution in [-0.4, -0.2) is 51.4 Å². The third kappa shape index (κ3) is 8.86. The first-order valence-corrected chi connectivity index (χ1v) is 16.5. The van der Waals surface area contributed by atoms with Crippen molar-refractivity contribution in [3.05, 3.63) is 125 Å². The molecule has 1 unspecified atom stereocenters. The minimum absolute atomic E-state index is 0.0294. The molecule has 0 spiro atoms. The van der Waals surface area contributed by atoms with Crippen LogP contribution in [0.1, 0.15) is 30.0 Å². The summed E-state index contributed by atoms with van der Waals surface area (Å²) in [6.45, 7) is 3.72. The first kappa shape index (κ1) is 33.6. The molecule has 0 heterocycles. The quantitative estimate of drug-likeness (QED) is 0.181. The van der Waals surface area contributed by atoms with E-state index in [0.717, 1.165) is 21.0 Å². The molecule has 1 atom stereocenters. The number of carbonyl (C=O) groups excluding carboxylic acids is 2. The van der Waals surface area contributed by atoms with Gasteiger partial charge >= 0.3 is 0 Å². The fraction of sp³-hybridized carbons (Fsp3) is 0.257. The van der Waals surface area contributed by atoms with Gasteiger partial charge in [-0.15, -0.1) is 0 Å². The van der Waals surface area contributed by atoms with E-state index in [1.54, 1.807) is 55.6 Å². The highest BCUT2D eigenvalue weighted by Gasteiger charge is 2.34. The molecule has 0 aliphatic carbocycles. The van der Waals surface area contributed by atoms with E-state index >= 15 is 0 Å². The molecule has 45 heavy (non-hydrogen) atoms. The van der Waals surface area contributed by atoms with Crippen molar-refractivity contribution in [1.82, 2.24) is 10.2 Å². The largest absolute Gasteiger partial charge is 0.497 e. The van der Waals surface area contributed by atoms with Crippen LogP contribution in [0.15, 0.2) is 108 Å². The summed E-state index contributed by atoms with van der Waals surface area (Å²) in [6.07, 6.45) is 0.943. The molecule has 1 N–H and O–H groups in total. The molecule has 236 valence electrons. The van der Waals surface area contributed by atoms with Crippen molar-refractivity contribution >= 4 is 39.1 Å². The molecular weight excluding hydrogens is 610 g/mol. The summed E-state index contributed by atoms with van der Waals surface area (Å²) in [6, 6.07) is 28.5. The topological polar surface area (TPSA) is 96.0 Å². The number of hydrogen-bond donors (Lipinski definition) is 1. The van der Waals surface area contributed by atoms with Crippen LogP contribution in [0.4, 0.5) is 5.69 Å². The zero-order chi connectivity index (χ0) is 32.4. The average molecular weight is 648 g/mol. The molecule has 0 radical (unpaired) electrons. The maximum absolute atomic E-state index is 14.5. The Morgan fingerprint density at radius 1 is 0.889 bits per heavy atom. The molecule has 4 aromatic rings. The maximum atomic E-state index is 14.5. The van der Waals surface area contributed by atoms with Crippen LogP contribution in [0.2, 0.25) is 5.02 Å². The first-order chi connectivity index (χ1) is 21.6. The van der Waals surface area contributed by atoms with E-state index < -0.39 is 28.5 Å². The predicted octanol–water partition coefficient (Wildman–Crippen LogP) is 6.02. The summed E-state index contributed by atoms with van der Waals surface area (Å²) >= 11 is 6.29. The Bertz CT molecular complexity index is 1700. The van der Waals surface area contributed by atoms with Gasteiger partial charge in [0.25, 0.3) is 10.0 Å².